The smallest absolute Gasteiger partial charge is 0.349 e. The second-order valence-electron chi connectivity index (χ2n) is 5.57. The summed E-state index contributed by atoms with van der Waals surface area (Å²) < 4.78 is 5.13. The van der Waals surface area contributed by atoms with Gasteiger partial charge in [-0.1, -0.05) is 48.0 Å². The number of esters is 1. The van der Waals surface area contributed by atoms with Gasteiger partial charge in [-0.15, -0.1) is 0 Å². The minimum absolute atomic E-state index is 0.202. The van der Waals surface area contributed by atoms with Gasteiger partial charge >= 0.3 is 5.97 Å². The quantitative estimate of drug-likeness (QED) is 0.727. The van der Waals surface area contributed by atoms with E-state index in [4.69, 9.17) is 4.74 Å². The van der Waals surface area contributed by atoms with Crippen LogP contribution in [0.1, 0.15) is 23.7 Å². The molecule has 0 spiro atoms. The van der Waals surface area contributed by atoms with E-state index >= 15 is 0 Å². The Morgan fingerprint density at radius 1 is 1.17 bits per heavy atom. The lowest BCUT2D eigenvalue weighted by atomic mass is 9.90. The lowest BCUT2D eigenvalue weighted by Gasteiger charge is -2.25. The van der Waals surface area contributed by atoms with E-state index in [0.29, 0.717) is 11.3 Å². The van der Waals surface area contributed by atoms with Crippen molar-refractivity contribution in [3.8, 4) is 0 Å². The highest BCUT2D eigenvalue weighted by Crippen LogP contribution is 2.33. The van der Waals surface area contributed by atoms with E-state index in [1.807, 2.05) is 43.3 Å². The van der Waals surface area contributed by atoms with Gasteiger partial charge in [-0.3, -0.25) is 0 Å². The van der Waals surface area contributed by atoms with Crippen molar-refractivity contribution in [3.05, 3.63) is 71.4 Å². The number of carbonyl (C=O) groups is 1. The van der Waals surface area contributed by atoms with Gasteiger partial charge in [0.05, 0.1) is 12.3 Å². The topological polar surface area (TPSA) is 62.3 Å². The van der Waals surface area contributed by atoms with Crippen LogP contribution in [0.2, 0.25) is 0 Å². The Kier molecular flexibility index (Phi) is 3.92. The summed E-state index contributed by atoms with van der Waals surface area (Å²) in [5.41, 5.74) is 0.936. The molecule has 118 valence electrons. The number of fused-ring (bicyclic) bond motifs is 1. The number of H-pyrrole nitrogens is 1. The lowest BCUT2D eigenvalue weighted by molar-refractivity contribution is -0.161. The highest BCUT2D eigenvalue weighted by molar-refractivity contribution is 5.88. The number of aromatic amines is 1. The first-order valence-corrected chi connectivity index (χ1v) is 7.60. The molecule has 0 unspecified atom stereocenters. The number of para-hydroxylation sites is 1. The van der Waals surface area contributed by atoms with Crippen molar-refractivity contribution in [1.82, 2.24) is 4.98 Å². The molecule has 0 fully saturated rings. The summed E-state index contributed by atoms with van der Waals surface area (Å²) >= 11 is 0. The first kappa shape index (κ1) is 15.3. The maximum Gasteiger partial charge on any atom is 0.349 e. The van der Waals surface area contributed by atoms with Gasteiger partial charge in [0.25, 0.3) is 0 Å². The molecule has 1 heterocycles. The molecule has 2 aromatic carbocycles. The predicted molar refractivity (Wildman–Crippen MR) is 89.1 cm³/mol. The van der Waals surface area contributed by atoms with Gasteiger partial charge < -0.3 is 14.8 Å². The zero-order valence-electron chi connectivity index (χ0n) is 13.2. The van der Waals surface area contributed by atoms with Crippen LogP contribution in [0.25, 0.3) is 10.9 Å². The largest absolute Gasteiger partial charge is 0.463 e. The summed E-state index contributed by atoms with van der Waals surface area (Å²) in [4.78, 5) is 15.7. The molecule has 0 amide bonds. The molecule has 0 radical (unpaired) electrons. The van der Waals surface area contributed by atoms with Gasteiger partial charge in [0.2, 0.25) is 5.60 Å². The lowest BCUT2D eigenvalue weighted by Crippen LogP contribution is -2.39. The standard InChI is InChI=1S/C19H19NO3/c1-3-23-18(21)19(22,15-10-8-13(2)9-11-15)17-12-14-6-4-5-7-16(14)20-17/h4-12,20,22H,3H2,1-2H3/t19-/m1/s1. The monoisotopic (exact) mass is 309 g/mol. The Labute approximate surface area is 134 Å². The van der Waals surface area contributed by atoms with Crippen LogP contribution in [0, 0.1) is 6.92 Å². The molecule has 4 nitrogen and oxygen atoms in total. The zero-order chi connectivity index (χ0) is 16.4. The van der Waals surface area contributed by atoms with E-state index in [1.54, 1.807) is 25.1 Å². The highest BCUT2D eigenvalue weighted by atomic mass is 16.5. The van der Waals surface area contributed by atoms with Crippen molar-refractivity contribution in [2.24, 2.45) is 0 Å². The fourth-order valence-electron chi connectivity index (χ4n) is 2.68. The van der Waals surface area contributed by atoms with Gasteiger partial charge in [0.1, 0.15) is 0 Å². The van der Waals surface area contributed by atoms with Crippen molar-refractivity contribution >= 4 is 16.9 Å². The van der Waals surface area contributed by atoms with Crippen LogP contribution in [0.4, 0.5) is 0 Å². The number of hydrogen-bond donors (Lipinski definition) is 2. The molecule has 0 aliphatic rings. The third-order valence-corrected chi connectivity index (χ3v) is 3.96. The maximum atomic E-state index is 12.5. The third kappa shape index (κ3) is 2.62. The molecule has 0 saturated heterocycles. The summed E-state index contributed by atoms with van der Waals surface area (Å²) in [5.74, 6) is -0.685. The Morgan fingerprint density at radius 2 is 1.87 bits per heavy atom. The summed E-state index contributed by atoms with van der Waals surface area (Å²) in [7, 11) is 0. The van der Waals surface area contributed by atoms with Crippen molar-refractivity contribution in [3.63, 3.8) is 0 Å². The molecular formula is C19H19NO3. The van der Waals surface area contributed by atoms with E-state index in [-0.39, 0.29) is 6.61 Å². The van der Waals surface area contributed by atoms with E-state index in [0.717, 1.165) is 16.5 Å². The second kappa shape index (κ2) is 5.89. The van der Waals surface area contributed by atoms with Crippen molar-refractivity contribution < 1.29 is 14.6 Å². The van der Waals surface area contributed by atoms with E-state index < -0.39 is 11.6 Å². The summed E-state index contributed by atoms with van der Waals surface area (Å²) in [6.45, 7) is 3.88. The Bertz CT molecular complexity index is 802. The number of rotatable bonds is 4. The average molecular weight is 309 g/mol. The minimum atomic E-state index is -1.86. The molecule has 0 saturated carbocycles. The average Bonchev–Trinajstić information content (AvgIpc) is 2.99. The van der Waals surface area contributed by atoms with Crippen LogP contribution in [-0.4, -0.2) is 22.7 Å². The van der Waals surface area contributed by atoms with Crippen molar-refractivity contribution in [2.75, 3.05) is 6.61 Å². The summed E-state index contributed by atoms with van der Waals surface area (Å²) in [5, 5.41) is 12.2. The first-order chi connectivity index (χ1) is 11.1. The number of aliphatic hydroxyl groups is 1. The van der Waals surface area contributed by atoms with Gasteiger partial charge in [-0.05, 0) is 31.4 Å². The Hall–Kier alpha value is -2.59. The van der Waals surface area contributed by atoms with Gasteiger partial charge in [0, 0.05) is 11.1 Å². The third-order valence-electron chi connectivity index (χ3n) is 3.96. The molecule has 23 heavy (non-hydrogen) atoms. The predicted octanol–water partition coefficient (Wildman–Crippen LogP) is 3.28. The van der Waals surface area contributed by atoms with E-state index in [2.05, 4.69) is 4.98 Å². The van der Waals surface area contributed by atoms with E-state index in [9.17, 15) is 9.90 Å². The maximum absolute atomic E-state index is 12.5. The molecule has 0 aliphatic heterocycles. The van der Waals surface area contributed by atoms with Gasteiger partial charge in [0.15, 0.2) is 0 Å². The summed E-state index contributed by atoms with van der Waals surface area (Å²) in [6.07, 6.45) is 0. The number of nitrogens with one attached hydrogen (secondary N) is 1. The van der Waals surface area contributed by atoms with Crippen molar-refractivity contribution in [2.45, 2.75) is 19.4 Å². The number of carbonyl (C=O) groups excluding carboxylic acids is 1. The van der Waals surface area contributed by atoms with Crippen LogP contribution in [0.15, 0.2) is 54.6 Å². The van der Waals surface area contributed by atoms with Crippen LogP contribution >= 0.6 is 0 Å². The molecule has 0 aliphatic carbocycles. The molecule has 4 heteroatoms. The molecule has 3 aromatic rings. The number of benzene rings is 2. The molecule has 1 aromatic heterocycles. The highest BCUT2D eigenvalue weighted by Gasteiger charge is 2.43. The molecule has 1 atom stereocenters. The SMILES string of the molecule is CCOC(=O)[C@@](O)(c1ccc(C)cc1)c1cc2ccccc2[nH]1. The number of ether oxygens (including phenoxy) is 1. The number of hydrogen-bond acceptors (Lipinski definition) is 3. The summed E-state index contributed by atoms with van der Waals surface area (Å²) in [6, 6.07) is 16.6. The zero-order valence-corrected chi connectivity index (χ0v) is 13.2. The van der Waals surface area contributed by atoms with Gasteiger partial charge in [-0.25, -0.2) is 4.79 Å². The van der Waals surface area contributed by atoms with Crippen LogP contribution in [0.5, 0.6) is 0 Å². The minimum Gasteiger partial charge on any atom is -0.463 e. The van der Waals surface area contributed by atoms with E-state index in [1.165, 1.54) is 0 Å². The van der Waals surface area contributed by atoms with Crippen LogP contribution in [-0.2, 0) is 15.1 Å². The van der Waals surface area contributed by atoms with Crippen molar-refractivity contribution in [1.29, 1.82) is 0 Å². The Morgan fingerprint density at radius 3 is 2.52 bits per heavy atom. The van der Waals surface area contributed by atoms with Gasteiger partial charge in [-0.2, -0.15) is 0 Å². The molecule has 3 rings (SSSR count). The number of aryl methyl sites for hydroxylation is 1. The molecular weight excluding hydrogens is 290 g/mol. The molecule has 0 bridgehead atoms. The Balaban J connectivity index is 2.18. The number of aromatic nitrogens is 1. The van der Waals surface area contributed by atoms with Crippen LogP contribution < -0.4 is 0 Å². The van der Waals surface area contributed by atoms with Crippen LogP contribution in [0.3, 0.4) is 0 Å². The first-order valence-electron chi connectivity index (χ1n) is 7.60. The second-order valence-corrected chi connectivity index (χ2v) is 5.57. The normalized spacial score (nSPS) is 13.7. The molecule has 2 N–H and O–H groups in total. The fourth-order valence-corrected chi connectivity index (χ4v) is 2.68. The fraction of sp³-hybridized carbons (Fsp3) is 0.211.